The van der Waals surface area contributed by atoms with Gasteiger partial charge in [-0.05, 0) is 37.0 Å². The molecule has 0 heterocycles. The van der Waals surface area contributed by atoms with Crippen LogP contribution in [0.2, 0.25) is 0 Å². The van der Waals surface area contributed by atoms with Gasteiger partial charge >= 0.3 is 51.4 Å². The number of carbonyl (C=O) groups is 1. The zero-order valence-electron chi connectivity index (χ0n) is 14.6. The Morgan fingerprint density at radius 3 is 2.10 bits per heavy atom. The summed E-state index contributed by atoms with van der Waals surface area (Å²) in [6.07, 6.45) is 5.42. The first-order valence-electron chi connectivity index (χ1n) is 7.73. The van der Waals surface area contributed by atoms with E-state index in [1.165, 1.54) is 12.8 Å². The van der Waals surface area contributed by atoms with Crippen LogP contribution >= 0.6 is 0 Å². The van der Waals surface area contributed by atoms with E-state index in [9.17, 15) is 4.79 Å². The summed E-state index contributed by atoms with van der Waals surface area (Å²) in [5.74, 6) is 2.08. The van der Waals surface area contributed by atoms with Gasteiger partial charge in [0.15, 0.2) is 5.97 Å². The van der Waals surface area contributed by atoms with Crippen LogP contribution in [0, 0.1) is 23.2 Å². The molecule has 2 nitrogen and oxygen atoms in total. The first-order chi connectivity index (χ1) is 8.70. The summed E-state index contributed by atoms with van der Waals surface area (Å²) in [5.41, 5.74) is 0.384. The number of esters is 1. The number of hydrogen-bond donors (Lipinski definition) is 0. The number of ether oxygens (including phenoxy) is 1. The van der Waals surface area contributed by atoms with E-state index < -0.39 is 0 Å². The topological polar surface area (TPSA) is 26.3 Å². The third-order valence-corrected chi connectivity index (χ3v) is 4.24. The van der Waals surface area contributed by atoms with Gasteiger partial charge in [0.1, 0.15) is 0 Å². The maximum atomic E-state index is 12.0. The first-order valence-corrected chi connectivity index (χ1v) is 7.73. The van der Waals surface area contributed by atoms with Gasteiger partial charge in [0.2, 0.25) is 0 Å². The minimum atomic E-state index is -0.0760. The summed E-state index contributed by atoms with van der Waals surface area (Å²) in [7, 11) is 0. The molecule has 0 spiro atoms. The Balaban J connectivity index is 0.00000361. The van der Waals surface area contributed by atoms with Crippen LogP contribution < -0.4 is 51.4 Å². The summed E-state index contributed by atoms with van der Waals surface area (Å²) in [4.78, 5) is 12.0. The first kappa shape index (κ1) is 21.0. The van der Waals surface area contributed by atoms with E-state index in [4.69, 9.17) is 4.74 Å². The molecule has 0 N–H and O–H groups in total. The van der Waals surface area contributed by atoms with E-state index in [-0.39, 0.29) is 63.5 Å². The SMILES string of the molecule is C[C-](CC(C)C)C(=O)OC1CCC(C(C)(C)C)CC1.[K+]. The molecule has 1 rings (SSSR count). The normalized spacial score (nSPS) is 23.1. The summed E-state index contributed by atoms with van der Waals surface area (Å²) in [6.45, 7) is 13.1. The maximum Gasteiger partial charge on any atom is 1.00 e. The molecule has 0 radical (unpaired) electrons. The van der Waals surface area contributed by atoms with Crippen LogP contribution in [0.25, 0.3) is 0 Å². The zero-order valence-corrected chi connectivity index (χ0v) is 17.7. The molecule has 0 atom stereocenters. The zero-order chi connectivity index (χ0) is 14.6. The third-order valence-electron chi connectivity index (χ3n) is 4.24. The monoisotopic (exact) mass is 306 g/mol. The van der Waals surface area contributed by atoms with Crippen molar-refractivity contribution in [3.63, 3.8) is 0 Å². The Labute approximate surface area is 168 Å². The van der Waals surface area contributed by atoms with Crippen molar-refractivity contribution in [1.82, 2.24) is 0 Å². The van der Waals surface area contributed by atoms with E-state index in [0.29, 0.717) is 11.3 Å². The van der Waals surface area contributed by atoms with Gasteiger partial charge in [-0.15, -0.1) is 0 Å². The molecule has 0 bridgehead atoms. The minimum Gasteiger partial charge on any atom is -0.485 e. The second kappa shape index (κ2) is 9.19. The predicted octanol–water partition coefficient (Wildman–Crippen LogP) is 1.78. The molecular weight excluding hydrogens is 275 g/mol. The molecular formula is C17H31KO2. The summed E-state index contributed by atoms with van der Waals surface area (Å²) in [5, 5.41) is 0. The van der Waals surface area contributed by atoms with Crippen molar-refractivity contribution in [3.8, 4) is 0 Å². The Kier molecular flexibility index (Phi) is 9.64. The average Bonchev–Trinajstić information content (AvgIpc) is 2.27. The van der Waals surface area contributed by atoms with Crippen LogP contribution in [-0.4, -0.2) is 12.1 Å². The second-order valence-electron chi connectivity index (χ2n) is 7.62. The van der Waals surface area contributed by atoms with Gasteiger partial charge in [0.05, 0.1) is 6.10 Å². The van der Waals surface area contributed by atoms with E-state index in [1.54, 1.807) is 0 Å². The molecule has 0 aromatic rings. The molecule has 1 saturated carbocycles. The fourth-order valence-electron chi connectivity index (χ4n) is 2.99. The van der Waals surface area contributed by atoms with Gasteiger partial charge in [0, 0.05) is 0 Å². The Morgan fingerprint density at radius 2 is 1.70 bits per heavy atom. The van der Waals surface area contributed by atoms with Gasteiger partial charge in [-0.3, -0.25) is 10.7 Å². The number of rotatable bonds is 4. The minimum absolute atomic E-state index is 0. The molecule has 20 heavy (non-hydrogen) atoms. The van der Waals surface area contributed by atoms with Crippen LogP contribution in [0.4, 0.5) is 0 Å². The molecule has 0 saturated heterocycles. The van der Waals surface area contributed by atoms with Crippen molar-refractivity contribution >= 4 is 5.97 Å². The Morgan fingerprint density at radius 1 is 1.20 bits per heavy atom. The van der Waals surface area contributed by atoms with Crippen molar-refractivity contribution in [3.05, 3.63) is 5.92 Å². The van der Waals surface area contributed by atoms with E-state index in [1.807, 2.05) is 6.92 Å². The molecule has 1 fully saturated rings. The van der Waals surface area contributed by atoms with Crippen LogP contribution in [0.3, 0.4) is 0 Å². The van der Waals surface area contributed by atoms with E-state index in [0.717, 1.165) is 31.1 Å². The molecule has 0 aliphatic heterocycles. The van der Waals surface area contributed by atoms with Crippen LogP contribution in [0.5, 0.6) is 0 Å². The largest absolute Gasteiger partial charge is 1.00 e. The molecule has 0 amide bonds. The maximum absolute atomic E-state index is 12.0. The van der Waals surface area contributed by atoms with Crippen LogP contribution in [0.15, 0.2) is 0 Å². The van der Waals surface area contributed by atoms with Gasteiger partial charge < -0.3 is 4.74 Å². The van der Waals surface area contributed by atoms with Crippen LogP contribution in [0.1, 0.15) is 73.6 Å². The number of carbonyl (C=O) groups excluding carboxylic acids is 1. The van der Waals surface area contributed by atoms with Gasteiger partial charge in [-0.25, -0.2) is 0 Å². The molecule has 1 aliphatic carbocycles. The molecule has 1 aliphatic rings. The summed E-state index contributed by atoms with van der Waals surface area (Å²) in [6, 6.07) is 0. The van der Waals surface area contributed by atoms with Crippen molar-refractivity contribution in [1.29, 1.82) is 0 Å². The Hall–Kier alpha value is 0.976. The molecule has 0 aromatic carbocycles. The standard InChI is InChI=1S/C17H31O2.K/c1-12(2)11-13(3)16(18)19-15-9-7-14(8-10-15)17(4,5)6;/h12,14-15H,7-11H2,1-6H3;/q-1;+1. The molecule has 112 valence electrons. The van der Waals surface area contributed by atoms with E-state index in [2.05, 4.69) is 34.6 Å². The fraction of sp³-hybridized carbons (Fsp3) is 0.882. The van der Waals surface area contributed by atoms with Crippen molar-refractivity contribution < 1.29 is 60.9 Å². The van der Waals surface area contributed by atoms with Gasteiger partial charge in [-0.1, -0.05) is 40.5 Å². The Bertz CT molecular complexity index is 286. The van der Waals surface area contributed by atoms with Crippen molar-refractivity contribution in [2.75, 3.05) is 0 Å². The van der Waals surface area contributed by atoms with Crippen molar-refractivity contribution in [2.24, 2.45) is 17.3 Å². The van der Waals surface area contributed by atoms with E-state index >= 15 is 0 Å². The average molecular weight is 307 g/mol. The fourth-order valence-corrected chi connectivity index (χ4v) is 2.99. The van der Waals surface area contributed by atoms with Crippen LogP contribution in [-0.2, 0) is 9.53 Å². The molecule has 3 heteroatoms. The smallest absolute Gasteiger partial charge is 0.485 e. The van der Waals surface area contributed by atoms with Crippen molar-refractivity contribution in [2.45, 2.75) is 79.8 Å². The molecule has 0 unspecified atom stereocenters. The number of hydrogen-bond acceptors (Lipinski definition) is 2. The molecule has 0 aromatic heterocycles. The predicted molar refractivity (Wildman–Crippen MR) is 79.7 cm³/mol. The second-order valence-corrected chi connectivity index (χ2v) is 7.62. The summed E-state index contributed by atoms with van der Waals surface area (Å²) < 4.78 is 5.64. The third kappa shape index (κ3) is 7.30. The van der Waals surface area contributed by atoms with Gasteiger partial charge in [0.25, 0.3) is 0 Å². The summed E-state index contributed by atoms with van der Waals surface area (Å²) >= 11 is 0. The quantitative estimate of drug-likeness (QED) is 0.450. The van der Waals surface area contributed by atoms with Gasteiger partial charge in [-0.2, -0.15) is 13.3 Å².